The SMILES string of the molecule is CC[C@H](C)[C@H](NC(=O)[C@H](Cc1ccccc1)NC(=O)[C@H](CCC(=O)OC(C)(C)C)NC(=O)OCC1c2ccccc2-c2ccccc21)C(=O)N[C@@H](C)C(=O)N[C@@H](Cc1cn(C(=O)OC(C)(C)C)c2ccccc12)C(=O)O. The Bertz CT molecular complexity index is 2880. The highest BCUT2D eigenvalue weighted by Crippen LogP contribution is 2.44. The molecule has 4 aromatic carbocycles. The fourth-order valence-electron chi connectivity index (χ4n) is 8.95. The van der Waals surface area contributed by atoms with E-state index in [-0.39, 0.29) is 38.2 Å². The number of hydrogen-bond donors (Lipinski definition) is 6. The molecule has 0 aliphatic heterocycles. The van der Waals surface area contributed by atoms with Crippen molar-refractivity contribution in [2.24, 2.45) is 5.92 Å². The molecular weight excluding hydrogens is 973 g/mol. The molecule has 0 bridgehead atoms. The molecule has 0 radical (unpaired) electrons. The van der Waals surface area contributed by atoms with Gasteiger partial charge in [-0.15, -0.1) is 0 Å². The van der Waals surface area contributed by atoms with E-state index in [0.29, 0.717) is 28.5 Å². The van der Waals surface area contributed by atoms with Gasteiger partial charge in [-0.05, 0) is 100 Å². The van der Waals surface area contributed by atoms with Crippen molar-refractivity contribution in [3.63, 3.8) is 0 Å². The van der Waals surface area contributed by atoms with Gasteiger partial charge >= 0.3 is 24.1 Å². The van der Waals surface area contributed by atoms with Crippen molar-refractivity contribution in [2.45, 2.75) is 142 Å². The summed E-state index contributed by atoms with van der Waals surface area (Å²) in [6, 6.07) is 24.6. The number of ether oxygens (including phenoxy) is 3. The van der Waals surface area contributed by atoms with Gasteiger partial charge in [-0.1, -0.05) is 117 Å². The van der Waals surface area contributed by atoms with Crippen molar-refractivity contribution in [1.82, 2.24) is 31.2 Å². The summed E-state index contributed by atoms with van der Waals surface area (Å²) in [5.41, 5.74) is 3.96. The molecule has 76 heavy (non-hydrogen) atoms. The summed E-state index contributed by atoms with van der Waals surface area (Å²) < 4.78 is 18.1. The predicted octanol–water partition coefficient (Wildman–Crippen LogP) is 7.33. The van der Waals surface area contributed by atoms with Crippen molar-refractivity contribution in [1.29, 1.82) is 0 Å². The molecular formula is C58H70N6O12. The summed E-state index contributed by atoms with van der Waals surface area (Å²) in [5, 5.41) is 24.1. The fraction of sp³-hybridized carbons (Fsp3) is 0.414. The van der Waals surface area contributed by atoms with E-state index in [1.807, 2.05) is 48.5 Å². The average Bonchev–Trinajstić information content (AvgIpc) is 3.90. The number of amides is 5. The van der Waals surface area contributed by atoms with Crippen LogP contribution in [0.3, 0.4) is 0 Å². The molecule has 1 aliphatic rings. The summed E-state index contributed by atoms with van der Waals surface area (Å²) in [4.78, 5) is 109. The van der Waals surface area contributed by atoms with Crippen molar-refractivity contribution < 1.29 is 57.7 Å². The summed E-state index contributed by atoms with van der Waals surface area (Å²) >= 11 is 0. The van der Waals surface area contributed by atoms with Crippen LogP contribution >= 0.6 is 0 Å². The Balaban J connectivity index is 1.16. The lowest BCUT2D eigenvalue weighted by Crippen LogP contribution is -2.60. The maximum atomic E-state index is 14.5. The van der Waals surface area contributed by atoms with Gasteiger partial charge in [0.25, 0.3) is 0 Å². The minimum Gasteiger partial charge on any atom is -0.480 e. The molecule has 5 amide bonds. The van der Waals surface area contributed by atoms with Gasteiger partial charge in [0.15, 0.2) is 0 Å². The first kappa shape index (κ1) is 57.3. The predicted molar refractivity (Wildman–Crippen MR) is 285 cm³/mol. The molecule has 18 nitrogen and oxygen atoms in total. The van der Waals surface area contributed by atoms with Gasteiger partial charge in [0.2, 0.25) is 23.6 Å². The fourth-order valence-corrected chi connectivity index (χ4v) is 8.95. The second-order valence-corrected chi connectivity index (χ2v) is 21.1. The van der Waals surface area contributed by atoms with Crippen LogP contribution in [0.25, 0.3) is 22.0 Å². The first-order chi connectivity index (χ1) is 35.9. The number of carbonyl (C=O) groups excluding carboxylic acids is 7. The number of carboxylic acid groups (broad SMARTS) is 1. The molecule has 0 fully saturated rings. The molecule has 0 spiro atoms. The maximum Gasteiger partial charge on any atom is 0.419 e. The molecule has 0 saturated heterocycles. The maximum absolute atomic E-state index is 14.5. The monoisotopic (exact) mass is 1040 g/mol. The second-order valence-electron chi connectivity index (χ2n) is 21.1. The van der Waals surface area contributed by atoms with Gasteiger partial charge in [0, 0.05) is 36.8 Å². The first-order valence-corrected chi connectivity index (χ1v) is 25.6. The third kappa shape index (κ3) is 15.3. The van der Waals surface area contributed by atoms with Crippen molar-refractivity contribution in [2.75, 3.05) is 6.61 Å². The molecule has 0 unspecified atom stereocenters. The van der Waals surface area contributed by atoms with Crippen LogP contribution in [0.15, 0.2) is 109 Å². The zero-order valence-corrected chi connectivity index (χ0v) is 44.6. The zero-order valence-electron chi connectivity index (χ0n) is 44.6. The number of para-hydroxylation sites is 1. The number of esters is 1. The topological polar surface area (TPSA) is 250 Å². The van der Waals surface area contributed by atoms with Crippen molar-refractivity contribution in [3.05, 3.63) is 132 Å². The molecule has 6 rings (SSSR count). The molecule has 1 heterocycles. The van der Waals surface area contributed by atoms with Gasteiger partial charge < -0.3 is 45.9 Å². The van der Waals surface area contributed by atoms with E-state index in [4.69, 9.17) is 14.2 Å². The number of rotatable bonds is 21. The lowest BCUT2D eigenvalue weighted by molar-refractivity contribution is -0.155. The smallest absolute Gasteiger partial charge is 0.419 e. The van der Waals surface area contributed by atoms with Crippen molar-refractivity contribution in [3.8, 4) is 11.1 Å². The highest BCUT2D eigenvalue weighted by molar-refractivity contribution is 5.97. The lowest BCUT2D eigenvalue weighted by atomic mass is 9.96. The Morgan fingerprint density at radius 2 is 1.18 bits per heavy atom. The summed E-state index contributed by atoms with van der Waals surface area (Å²) in [6.07, 6.45) is -0.496. The van der Waals surface area contributed by atoms with Gasteiger partial charge in [-0.2, -0.15) is 0 Å². The number of carboxylic acids is 1. The van der Waals surface area contributed by atoms with Crippen LogP contribution in [-0.4, -0.2) is 105 Å². The normalized spacial score (nSPS) is 14.5. The number of aliphatic carboxylic acids is 1. The third-order valence-electron chi connectivity index (χ3n) is 12.9. The first-order valence-electron chi connectivity index (χ1n) is 25.6. The van der Waals surface area contributed by atoms with Crippen LogP contribution in [0, 0.1) is 5.92 Å². The number of hydrogen-bond acceptors (Lipinski definition) is 11. The summed E-state index contributed by atoms with van der Waals surface area (Å²) in [5.74, 6) is -5.94. The molecule has 18 heteroatoms. The summed E-state index contributed by atoms with van der Waals surface area (Å²) in [6.45, 7) is 15.1. The van der Waals surface area contributed by atoms with Gasteiger partial charge in [0.05, 0.1) is 5.52 Å². The number of aromatic nitrogens is 1. The number of benzene rings is 4. The second kappa shape index (κ2) is 25.0. The lowest BCUT2D eigenvalue weighted by Gasteiger charge is -2.29. The van der Waals surface area contributed by atoms with Crippen LogP contribution in [0.1, 0.15) is 110 Å². The quantitative estimate of drug-likeness (QED) is 0.0312. The summed E-state index contributed by atoms with van der Waals surface area (Å²) in [7, 11) is 0. The van der Waals surface area contributed by atoms with E-state index < -0.39 is 95.1 Å². The van der Waals surface area contributed by atoms with E-state index >= 15 is 0 Å². The van der Waals surface area contributed by atoms with Gasteiger partial charge in [-0.3, -0.25) is 28.5 Å². The van der Waals surface area contributed by atoms with Crippen LogP contribution in [0.5, 0.6) is 0 Å². The van der Waals surface area contributed by atoms with Crippen molar-refractivity contribution >= 4 is 58.7 Å². The van der Waals surface area contributed by atoms with E-state index in [1.165, 1.54) is 17.7 Å². The zero-order chi connectivity index (χ0) is 55.5. The Labute approximate surface area is 443 Å². The molecule has 6 N–H and O–H groups in total. The minimum absolute atomic E-state index is 0.0528. The number of fused-ring (bicyclic) bond motifs is 4. The van der Waals surface area contributed by atoms with Crippen LogP contribution in [-0.2, 0) is 55.8 Å². The number of nitrogens with zero attached hydrogens (tertiary/aromatic N) is 1. The Morgan fingerprint density at radius 3 is 1.79 bits per heavy atom. The molecule has 6 atom stereocenters. The largest absolute Gasteiger partial charge is 0.480 e. The van der Waals surface area contributed by atoms with E-state index in [9.17, 15) is 43.5 Å². The molecule has 1 aromatic heterocycles. The minimum atomic E-state index is -1.48. The van der Waals surface area contributed by atoms with E-state index in [0.717, 1.165) is 22.3 Å². The molecule has 5 aromatic rings. The molecule has 0 saturated carbocycles. The highest BCUT2D eigenvalue weighted by atomic mass is 16.6. The Morgan fingerprint density at radius 1 is 0.618 bits per heavy atom. The Hall–Kier alpha value is -8.02. The number of nitrogens with one attached hydrogen (secondary N) is 5. The van der Waals surface area contributed by atoms with Crippen LogP contribution in [0.4, 0.5) is 9.59 Å². The number of alkyl carbamates (subject to hydrolysis) is 1. The molecule has 1 aliphatic carbocycles. The third-order valence-corrected chi connectivity index (χ3v) is 12.9. The molecule has 404 valence electrons. The average molecular weight is 1040 g/mol. The van der Waals surface area contributed by atoms with Crippen LogP contribution in [0.2, 0.25) is 0 Å². The highest BCUT2D eigenvalue weighted by Gasteiger charge is 2.36. The standard InChI is InChI=1S/C58H70N6O12/c1-10-34(2)49(53(69)59-35(3)50(66)61-46(54(70)71)31-37-32-64(56(73)76-58(7,8)9)47-27-19-18-22-38(37)47)63-52(68)45(30-36-20-12-11-13-21-36)60-51(67)44(28-29-48(65)75-57(4,5)6)62-55(72)74-33-43-41-25-16-14-23-39(41)40-24-15-17-26-42(40)43/h11-27,32,34-35,43-46,49H,10,28-31,33H2,1-9H3,(H,59,69)(H,60,67)(H,61,66)(H,62,72)(H,63,68)(H,70,71)/t34-,35-,44-,45-,46-,49-/m0/s1. The Kier molecular flexibility index (Phi) is 18.8. The van der Waals surface area contributed by atoms with Gasteiger partial charge in [0.1, 0.15) is 48.0 Å². The number of carbonyl (C=O) groups is 8. The van der Waals surface area contributed by atoms with E-state index in [1.54, 1.807) is 110 Å². The van der Waals surface area contributed by atoms with Crippen LogP contribution < -0.4 is 26.6 Å². The van der Waals surface area contributed by atoms with Gasteiger partial charge in [-0.25, -0.2) is 14.4 Å². The van der Waals surface area contributed by atoms with E-state index in [2.05, 4.69) is 26.6 Å².